The molecule has 4 aromatic heterocycles. The molecule has 0 aromatic carbocycles. The maximum atomic E-state index is 13.0. The fourth-order valence-corrected chi connectivity index (χ4v) is 4.36. The monoisotopic (exact) mass is 480 g/mol. The summed E-state index contributed by atoms with van der Waals surface area (Å²) in [5, 5.41) is 7.86. The molecule has 1 saturated carbocycles. The summed E-state index contributed by atoms with van der Waals surface area (Å²) in [6.07, 6.45) is 6.72. The molecular formula is C25H23F3N6O. The molecule has 10 heteroatoms. The van der Waals surface area contributed by atoms with Gasteiger partial charge in [0.2, 0.25) is 0 Å². The minimum Gasteiger partial charge on any atom is -0.348 e. The number of pyridine rings is 3. The van der Waals surface area contributed by atoms with Crippen LogP contribution in [0, 0.1) is 0 Å². The van der Waals surface area contributed by atoms with E-state index in [1.165, 1.54) is 35.9 Å². The molecule has 1 fully saturated rings. The zero-order valence-corrected chi connectivity index (χ0v) is 18.8. The largest absolute Gasteiger partial charge is 0.433 e. The van der Waals surface area contributed by atoms with Gasteiger partial charge >= 0.3 is 6.18 Å². The fourth-order valence-electron chi connectivity index (χ4n) is 4.36. The molecule has 4 heterocycles. The first-order valence-corrected chi connectivity index (χ1v) is 11.5. The summed E-state index contributed by atoms with van der Waals surface area (Å²) in [7, 11) is 0. The molecular weight excluding hydrogens is 457 g/mol. The molecule has 0 spiro atoms. The van der Waals surface area contributed by atoms with Crippen molar-refractivity contribution in [3.05, 3.63) is 66.4 Å². The first kappa shape index (κ1) is 22.9. The third kappa shape index (κ3) is 5.01. The molecule has 7 nitrogen and oxygen atoms in total. The SMILES string of the molecule is O=C(NC1CCCCCC1)c1cccc(-c2cnn(-c3nccc4nc(C(F)(F)F)ccc34)c2)n1. The second-order valence-corrected chi connectivity index (χ2v) is 8.64. The van der Waals surface area contributed by atoms with Crippen LogP contribution in [0.3, 0.4) is 0 Å². The number of amides is 1. The van der Waals surface area contributed by atoms with Crippen molar-refractivity contribution in [2.24, 2.45) is 0 Å². The maximum absolute atomic E-state index is 13.0. The molecule has 1 aliphatic carbocycles. The molecule has 4 aromatic rings. The Morgan fingerprint density at radius 3 is 2.57 bits per heavy atom. The van der Waals surface area contributed by atoms with E-state index in [4.69, 9.17) is 0 Å². The van der Waals surface area contributed by atoms with E-state index in [0.29, 0.717) is 28.2 Å². The molecule has 5 rings (SSSR count). The van der Waals surface area contributed by atoms with Crippen molar-refractivity contribution < 1.29 is 18.0 Å². The molecule has 0 aliphatic heterocycles. The molecule has 180 valence electrons. The van der Waals surface area contributed by atoms with Gasteiger partial charge in [0.25, 0.3) is 5.91 Å². The van der Waals surface area contributed by atoms with Crippen LogP contribution in [-0.4, -0.2) is 36.7 Å². The second-order valence-electron chi connectivity index (χ2n) is 8.64. The lowest BCUT2D eigenvalue weighted by Gasteiger charge is -2.16. The summed E-state index contributed by atoms with van der Waals surface area (Å²) in [5.41, 5.74) is 0.727. The van der Waals surface area contributed by atoms with Crippen LogP contribution in [0.2, 0.25) is 0 Å². The van der Waals surface area contributed by atoms with Crippen LogP contribution in [0.5, 0.6) is 0 Å². The number of fused-ring (bicyclic) bond motifs is 1. The topological polar surface area (TPSA) is 85.6 Å². The number of carbonyl (C=O) groups excluding carboxylic acids is 1. The number of halogens is 3. The number of hydrogen-bond acceptors (Lipinski definition) is 5. The minimum absolute atomic E-state index is 0.164. The lowest BCUT2D eigenvalue weighted by Crippen LogP contribution is -2.34. The highest BCUT2D eigenvalue weighted by Crippen LogP contribution is 2.30. The smallest absolute Gasteiger partial charge is 0.348 e. The third-order valence-corrected chi connectivity index (χ3v) is 6.15. The highest BCUT2D eigenvalue weighted by Gasteiger charge is 2.32. The van der Waals surface area contributed by atoms with Gasteiger partial charge in [-0.1, -0.05) is 31.7 Å². The zero-order valence-electron chi connectivity index (χ0n) is 18.8. The van der Waals surface area contributed by atoms with Crippen molar-refractivity contribution >= 4 is 16.8 Å². The highest BCUT2D eigenvalue weighted by molar-refractivity contribution is 5.93. The Labute approximate surface area is 199 Å². The third-order valence-electron chi connectivity index (χ3n) is 6.15. The lowest BCUT2D eigenvalue weighted by molar-refractivity contribution is -0.140. The Kier molecular flexibility index (Phi) is 6.19. The van der Waals surface area contributed by atoms with Gasteiger partial charge in [-0.3, -0.25) is 4.79 Å². The van der Waals surface area contributed by atoms with Gasteiger partial charge in [0.1, 0.15) is 11.4 Å². The first-order valence-electron chi connectivity index (χ1n) is 11.5. The van der Waals surface area contributed by atoms with Gasteiger partial charge in [-0.25, -0.2) is 19.6 Å². The summed E-state index contributed by atoms with van der Waals surface area (Å²) in [6.45, 7) is 0. The van der Waals surface area contributed by atoms with Crippen LogP contribution in [0.25, 0.3) is 28.0 Å². The van der Waals surface area contributed by atoms with Crippen LogP contribution >= 0.6 is 0 Å². The van der Waals surface area contributed by atoms with Crippen molar-refractivity contribution in [2.45, 2.75) is 50.7 Å². The van der Waals surface area contributed by atoms with Gasteiger partial charge in [-0.05, 0) is 43.2 Å². The summed E-state index contributed by atoms with van der Waals surface area (Å²) in [6, 6.07) is 9.08. The Morgan fingerprint density at radius 1 is 1.00 bits per heavy atom. The number of nitrogens with zero attached hydrogens (tertiary/aromatic N) is 5. The maximum Gasteiger partial charge on any atom is 0.433 e. The Morgan fingerprint density at radius 2 is 1.80 bits per heavy atom. The van der Waals surface area contributed by atoms with Crippen molar-refractivity contribution in [1.29, 1.82) is 0 Å². The highest BCUT2D eigenvalue weighted by atomic mass is 19.4. The van der Waals surface area contributed by atoms with E-state index in [1.807, 2.05) is 0 Å². The average molecular weight is 480 g/mol. The first-order chi connectivity index (χ1) is 16.9. The molecule has 0 bridgehead atoms. The molecule has 1 N–H and O–H groups in total. The summed E-state index contributed by atoms with van der Waals surface area (Å²) < 4.78 is 40.6. The van der Waals surface area contributed by atoms with Gasteiger partial charge in [0.05, 0.1) is 17.4 Å². The van der Waals surface area contributed by atoms with E-state index in [0.717, 1.165) is 31.7 Å². The number of carbonyl (C=O) groups is 1. The molecule has 35 heavy (non-hydrogen) atoms. The lowest BCUT2D eigenvalue weighted by atomic mass is 10.1. The van der Waals surface area contributed by atoms with E-state index >= 15 is 0 Å². The summed E-state index contributed by atoms with van der Waals surface area (Å²) >= 11 is 0. The zero-order chi connectivity index (χ0) is 24.4. The summed E-state index contributed by atoms with van der Waals surface area (Å²) in [5.74, 6) is 0.144. The van der Waals surface area contributed by atoms with Crippen molar-refractivity contribution in [1.82, 2.24) is 30.0 Å². The van der Waals surface area contributed by atoms with Gasteiger partial charge in [0.15, 0.2) is 5.82 Å². The van der Waals surface area contributed by atoms with Crippen LogP contribution in [-0.2, 0) is 6.18 Å². The quantitative estimate of drug-likeness (QED) is 0.398. The van der Waals surface area contributed by atoms with Crippen LogP contribution < -0.4 is 5.32 Å². The van der Waals surface area contributed by atoms with E-state index in [1.54, 1.807) is 30.6 Å². The molecule has 0 unspecified atom stereocenters. The van der Waals surface area contributed by atoms with Gasteiger partial charge in [-0.15, -0.1) is 0 Å². The van der Waals surface area contributed by atoms with E-state index in [-0.39, 0.29) is 17.5 Å². The minimum atomic E-state index is -4.53. The number of hydrogen-bond donors (Lipinski definition) is 1. The molecule has 1 amide bonds. The fraction of sp³-hybridized carbons (Fsp3) is 0.320. The molecule has 0 saturated heterocycles. The van der Waals surface area contributed by atoms with Crippen molar-refractivity contribution in [3.8, 4) is 17.1 Å². The van der Waals surface area contributed by atoms with Gasteiger partial charge in [0, 0.05) is 29.4 Å². The second kappa shape index (κ2) is 9.44. The van der Waals surface area contributed by atoms with Crippen LogP contribution in [0.15, 0.2) is 55.0 Å². The summed E-state index contributed by atoms with van der Waals surface area (Å²) in [4.78, 5) is 25.3. The van der Waals surface area contributed by atoms with Gasteiger partial charge in [-0.2, -0.15) is 18.3 Å². The Hall–Kier alpha value is -3.82. The molecule has 0 atom stereocenters. The van der Waals surface area contributed by atoms with E-state index < -0.39 is 11.9 Å². The van der Waals surface area contributed by atoms with E-state index in [2.05, 4.69) is 25.4 Å². The Balaban J connectivity index is 1.40. The Bertz CT molecular complexity index is 1360. The van der Waals surface area contributed by atoms with Crippen LogP contribution in [0.1, 0.15) is 54.7 Å². The predicted molar refractivity (Wildman–Crippen MR) is 124 cm³/mol. The number of aromatic nitrogens is 5. The van der Waals surface area contributed by atoms with Gasteiger partial charge < -0.3 is 5.32 Å². The predicted octanol–water partition coefficient (Wildman–Crippen LogP) is 5.35. The number of rotatable bonds is 4. The average Bonchev–Trinajstić information content (AvgIpc) is 3.21. The standard InChI is InChI=1S/C25H23F3N6O/c26-25(27,28)22-11-10-18-20(33-22)12-13-29-23(18)34-15-16(14-30-34)19-8-5-9-21(32-19)24(35)31-17-6-3-1-2-4-7-17/h5,8-15,17H,1-4,6-7H2,(H,31,35). The van der Waals surface area contributed by atoms with Crippen LogP contribution in [0.4, 0.5) is 13.2 Å². The molecule has 1 aliphatic rings. The normalized spacial score (nSPS) is 15.2. The molecule has 0 radical (unpaired) electrons. The number of nitrogens with one attached hydrogen (secondary N) is 1. The van der Waals surface area contributed by atoms with E-state index in [9.17, 15) is 18.0 Å². The van der Waals surface area contributed by atoms with Crippen molar-refractivity contribution in [2.75, 3.05) is 0 Å². The number of alkyl halides is 3. The van der Waals surface area contributed by atoms with Crippen molar-refractivity contribution in [3.63, 3.8) is 0 Å².